The van der Waals surface area contributed by atoms with Gasteiger partial charge in [0.25, 0.3) is 0 Å². The van der Waals surface area contributed by atoms with E-state index in [0.29, 0.717) is 26.3 Å². The molecular formula is C27H27NO3. The minimum absolute atomic E-state index is 0.0129. The molecule has 4 heteroatoms. The van der Waals surface area contributed by atoms with Crippen LogP contribution in [0.15, 0.2) is 78.9 Å². The van der Waals surface area contributed by atoms with E-state index >= 15 is 0 Å². The molecule has 1 amide bonds. The number of benzene rings is 3. The molecule has 0 aromatic heterocycles. The molecule has 0 atom stereocenters. The van der Waals surface area contributed by atoms with Crippen LogP contribution in [-0.4, -0.2) is 44.2 Å². The minimum atomic E-state index is 0.0129. The lowest BCUT2D eigenvalue weighted by atomic mass is 9.94. The van der Waals surface area contributed by atoms with Gasteiger partial charge in [0.05, 0.1) is 20.3 Å². The lowest BCUT2D eigenvalue weighted by Gasteiger charge is -2.26. The van der Waals surface area contributed by atoms with Crippen LogP contribution in [0.3, 0.4) is 0 Å². The summed E-state index contributed by atoms with van der Waals surface area (Å²) in [5.74, 6) is 0.848. The highest BCUT2D eigenvalue weighted by Gasteiger charge is 2.17. The van der Waals surface area contributed by atoms with Gasteiger partial charge in [0.2, 0.25) is 5.91 Å². The molecule has 0 saturated carbocycles. The van der Waals surface area contributed by atoms with Crippen LogP contribution in [0, 0.1) is 6.92 Å². The molecule has 158 valence electrons. The predicted octanol–water partition coefficient (Wildman–Crippen LogP) is 4.96. The zero-order valence-electron chi connectivity index (χ0n) is 18.0. The average molecular weight is 414 g/mol. The summed E-state index contributed by atoms with van der Waals surface area (Å²) in [6, 6.07) is 24.7. The fourth-order valence-corrected chi connectivity index (χ4v) is 3.85. The highest BCUT2D eigenvalue weighted by atomic mass is 16.5. The van der Waals surface area contributed by atoms with E-state index in [2.05, 4.69) is 42.5 Å². The molecule has 0 spiro atoms. The van der Waals surface area contributed by atoms with Crippen molar-refractivity contribution in [3.63, 3.8) is 0 Å². The maximum Gasteiger partial charge on any atom is 0.247 e. The van der Waals surface area contributed by atoms with Crippen LogP contribution < -0.4 is 4.74 Å². The van der Waals surface area contributed by atoms with E-state index in [9.17, 15) is 4.79 Å². The molecule has 0 bridgehead atoms. The Morgan fingerprint density at radius 2 is 1.55 bits per heavy atom. The molecule has 4 rings (SSSR count). The van der Waals surface area contributed by atoms with Crippen molar-refractivity contribution in [2.24, 2.45) is 0 Å². The van der Waals surface area contributed by atoms with E-state index in [1.54, 1.807) is 13.2 Å². The molecule has 3 aromatic carbocycles. The number of rotatable bonds is 5. The summed E-state index contributed by atoms with van der Waals surface area (Å²) in [6.07, 6.45) is 1.75. The number of carbonyl (C=O) groups excluding carboxylic acids is 1. The predicted molar refractivity (Wildman–Crippen MR) is 124 cm³/mol. The topological polar surface area (TPSA) is 38.8 Å². The summed E-state index contributed by atoms with van der Waals surface area (Å²) < 4.78 is 10.8. The second-order valence-electron chi connectivity index (χ2n) is 7.62. The summed E-state index contributed by atoms with van der Waals surface area (Å²) in [5.41, 5.74) is 6.25. The average Bonchev–Trinajstić information content (AvgIpc) is 2.83. The highest BCUT2D eigenvalue weighted by Crippen LogP contribution is 2.30. The lowest BCUT2D eigenvalue weighted by molar-refractivity contribution is -0.129. The first kappa shape index (κ1) is 20.9. The second kappa shape index (κ2) is 9.63. The first-order valence-corrected chi connectivity index (χ1v) is 10.5. The van der Waals surface area contributed by atoms with Gasteiger partial charge in [-0.1, -0.05) is 60.7 Å². The number of morpholine rings is 1. The number of nitrogens with zero attached hydrogens (tertiary/aromatic N) is 1. The van der Waals surface area contributed by atoms with Gasteiger partial charge in [-0.25, -0.2) is 0 Å². The van der Waals surface area contributed by atoms with Gasteiger partial charge in [-0.15, -0.1) is 0 Å². The van der Waals surface area contributed by atoms with Crippen molar-refractivity contribution >= 4 is 11.5 Å². The Bertz CT molecular complexity index is 1070. The molecule has 4 nitrogen and oxygen atoms in total. The molecule has 3 aromatic rings. The molecular weight excluding hydrogens is 386 g/mol. The number of hydrogen-bond acceptors (Lipinski definition) is 3. The van der Waals surface area contributed by atoms with Crippen LogP contribution in [0.25, 0.3) is 16.7 Å². The van der Waals surface area contributed by atoms with Crippen molar-refractivity contribution < 1.29 is 14.3 Å². The van der Waals surface area contributed by atoms with Gasteiger partial charge in [-0.05, 0) is 52.4 Å². The molecule has 1 saturated heterocycles. The van der Waals surface area contributed by atoms with Crippen LogP contribution >= 0.6 is 0 Å². The second-order valence-corrected chi connectivity index (χ2v) is 7.62. The zero-order chi connectivity index (χ0) is 21.6. The number of carbonyl (C=O) groups is 1. The molecule has 1 aliphatic heterocycles. The Labute approximate surface area is 183 Å². The highest BCUT2D eigenvalue weighted by molar-refractivity contribution is 5.99. The van der Waals surface area contributed by atoms with Crippen molar-refractivity contribution in [1.82, 2.24) is 4.90 Å². The fourth-order valence-electron chi connectivity index (χ4n) is 3.85. The third kappa shape index (κ3) is 4.86. The fraction of sp³-hybridized carbons (Fsp3) is 0.222. The third-order valence-corrected chi connectivity index (χ3v) is 5.60. The quantitative estimate of drug-likeness (QED) is 0.555. The number of amides is 1. The van der Waals surface area contributed by atoms with E-state index in [4.69, 9.17) is 9.47 Å². The summed E-state index contributed by atoms with van der Waals surface area (Å²) >= 11 is 0. The van der Waals surface area contributed by atoms with Crippen LogP contribution in [0.1, 0.15) is 16.7 Å². The molecule has 1 heterocycles. The summed E-state index contributed by atoms with van der Waals surface area (Å²) in [5, 5.41) is 0. The molecule has 1 aliphatic rings. The summed E-state index contributed by atoms with van der Waals surface area (Å²) in [6.45, 7) is 4.43. The standard InChI is InChI=1S/C27H27NO3/c1-20-18-24(12-13-26(20)30-2)25(19-27(29)28-14-16-31-17-15-28)23-10-8-22(9-11-23)21-6-4-3-5-7-21/h3-13,18-19H,14-17H2,1-2H3. The van der Waals surface area contributed by atoms with Crippen molar-refractivity contribution in [3.8, 4) is 16.9 Å². The van der Waals surface area contributed by atoms with Gasteiger partial charge in [-0.3, -0.25) is 4.79 Å². The maximum absolute atomic E-state index is 13.0. The van der Waals surface area contributed by atoms with E-state index in [1.807, 2.05) is 42.2 Å². The van der Waals surface area contributed by atoms with E-state index < -0.39 is 0 Å². The van der Waals surface area contributed by atoms with E-state index in [-0.39, 0.29) is 5.91 Å². The van der Waals surface area contributed by atoms with Gasteiger partial charge in [0, 0.05) is 19.2 Å². The van der Waals surface area contributed by atoms with Crippen LogP contribution in [-0.2, 0) is 9.53 Å². The zero-order valence-corrected chi connectivity index (χ0v) is 18.0. The van der Waals surface area contributed by atoms with Gasteiger partial charge in [-0.2, -0.15) is 0 Å². The van der Waals surface area contributed by atoms with Crippen LogP contribution in [0.5, 0.6) is 5.75 Å². The number of aryl methyl sites for hydroxylation is 1. The maximum atomic E-state index is 13.0. The van der Waals surface area contributed by atoms with E-state index in [1.165, 1.54) is 5.56 Å². The smallest absolute Gasteiger partial charge is 0.247 e. The Kier molecular flexibility index (Phi) is 6.48. The number of methoxy groups -OCH3 is 1. The van der Waals surface area contributed by atoms with Gasteiger partial charge < -0.3 is 14.4 Å². The van der Waals surface area contributed by atoms with Gasteiger partial charge in [0.1, 0.15) is 5.75 Å². The third-order valence-electron chi connectivity index (χ3n) is 5.60. The van der Waals surface area contributed by atoms with Crippen molar-refractivity contribution in [3.05, 3.63) is 95.6 Å². The number of hydrogen-bond donors (Lipinski definition) is 0. The normalized spacial score (nSPS) is 14.4. The molecule has 0 N–H and O–H groups in total. The van der Waals surface area contributed by atoms with E-state index in [0.717, 1.165) is 33.6 Å². The molecule has 0 aliphatic carbocycles. The minimum Gasteiger partial charge on any atom is -0.496 e. The van der Waals surface area contributed by atoms with Crippen molar-refractivity contribution in [1.29, 1.82) is 0 Å². The first-order chi connectivity index (χ1) is 15.2. The SMILES string of the molecule is COc1ccc(C(=CC(=O)N2CCOCC2)c2ccc(-c3ccccc3)cc2)cc1C. The van der Waals surface area contributed by atoms with Crippen LogP contribution in [0.2, 0.25) is 0 Å². The lowest BCUT2D eigenvalue weighted by Crippen LogP contribution is -2.39. The van der Waals surface area contributed by atoms with Crippen molar-refractivity contribution in [2.45, 2.75) is 6.92 Å². The Balaban J connectivity index is 1.72. The first-order valence-electron chi connectivity index (χ1n) is 10.5. The Morgan fingerprint density at radius 1 is 0.903 bits per heavy atom. The Morgan fingerprint density at radius 3 is 2.19 bits per heavy atom. The summed E-state index contributed by atoms with van der Waals surface area (Å²) in [4.78, 5) is 14.9. The van der Waals surface area contributed by atoms with Crippen LogP contribution in [0.4, 0.5) is 0 Å². The Hall–Kier alpha value is -3.37. The molecule has 31 heavy (non-hydrogen) atoms. The van der Waals surface area contributed by atoms with Gasteiger partial charge in [0.15, 0.2) is 0 Å². The largest absolute Gasteiger partial charge is 0.496 e. The van der Waals surface area contributed by atoms with Crippen molar-refractivity contribution in [2.75, 3.05) is 33.4 Å². The summed E-state index contributed by atoms with van der Waals surface area (Å²) in [7, 11) is 1.67. The monoisotopic (exact) mass is 413 g/mol. The molecule has 1 fully saturated rings. The molecule has 0 unspecified atom stereocenters. The number of ether oxygens (including phenoxy) is 2. The van der Waals surface area contributed by atoms with Gasteiger partial charge >= 0.3 is 0 Å². The molecule has 0 radical (unpaired) electrons.